The molecule has 3 N–H and O–H groups in total. The van der Waals surface area contributed by atoms with Crippen LogP contribution in [0, 0.1) is 0 Å². The minimum atomic E-state index is -0.224. The number of hydrogen-bond acceptors (Lipinski definition) is 3. The fourth-order valence-electron chi connectivity index (χ4n) is 2.24. The Morgan fingerprint density at radius 3 is 2.88 bits per heavy atom. The van der Waals surface area contributed by atoms with Crippen LogP contribution in [0.1, 0.15) is 49.9 Å². The molecule has 1 unspecified atom stereocenters. The summed E-state index contributed by atoms with van der Waals surface area (Å²) in [6.07, 6.45) is 4.51. The Balaban J connectivity index is 1.88. The van der Waals surface area contributed by atoms with Crippen molar-refractivity contribution in [3.8, 4) is 0 Å². The fraction of sp³-hybridized carbons (Fsp3) is 0.615. The molecule has 1 amide bonds. The third-order valence-corrected chi connectivity index (χ3v) is 4.48. The molecular formula is C13H20N2OS. The zero-order valence-electron chi connectivity index (χ0n) is 10.2. The first kappa shape index (κ1) is 12.6. The Morgan fingerprint density at radius 1 is 1.65 bits per heavy atom. The molecule has 1 aliphatic carbocycles. The second-order valence-corrected chi connectivity index (χ2v) is 5.92. The van der Waals surface area contributed by atoms with Gasteiger partial charge in [0.2, 0.25) is 5.91 Å². The zero-order valence-corrected chi connectivity index (χ0v) is 11.1. The lowest BCUT2D eigenvalue weighted by molar-refractivity contribution is -0.123. The molecule has 2 rings (SSSR count). The van der Waals surface area contributed by atoms with E-state index in [1.807, 2.05) is 11.4 Å². The number of amides is 1. The molecule has 1 atom stereocenters. The average Bonchev–Trinajstić information content (AvgIpc) is 2.77. The van der Waals surface area contributed by atoms with Gasteiger partial charge in [-0.15, -0.1) is 11.3 Å². The Labute approximate surface area is 106 Å². The molecule has 0 aromatic carbocycles. The summed E-state index contributed by atoms with van der Waals surface area (Å²) in [5, 5.41) is 5.13. The van der Waals surface area contributed by atoms with E-state index in [1.54, 1.807) is 11.3 Å². The fourth-order valence-corrected chi connectivity index (χ4v) is 3.10. The predicted octanol–water partition coefficient (Wildman–Crippen LogP) is 2.59. The Kier molecular flexibility index (Phi) is 3.84. The lowest BCUT2D eigenvalue weighted by atomic mass is 9.75. The van der Waals surface area contributed by atoms with Gasteiger partial charge in [0.05, 0.1) is 6.04 Å². The first-order chi connectivity index (χ1) is 8.13. The minimum absolute atomic E-state index is 0.0902. The van der Waals surface area contributed by atoms with E-state index < -0.39 is 0 Å². The molecule has 94 valence electrons. The van der Waals surface area contributed by atoms with Crippen LogP contribution in [-0.2, 0) is 4.79 Å². The van der Waals surface area contributed by atoms with Gasteiger partial charge in [0.1, 0.15) is 0 Å². The van der Waals surface area contributed by atoms with Gasteiger partial charge in [-0.3, -0.25) is 4.79 Å². The van der Waals surface area contributed by atoms with Crippen LogP contribution in [0.15, 0.2) is 17.5 Å². The van der Waals surface area contributed by atoms with Crippen LogP contribution in [0.25, 0.3) is 0 Å². The van der Waals surface area contributed by atoms with E-state index in [2.05, 4.69) is 18.3 Å². The van der Waals surface area contributed by atoms with E-state index in [9.17, 15) is 4.79 Å². The second-order valence-electron chi connectivity index (χ2n) is 4.94. The minimum Gasteiger partial charge on any atom is -0.348 e. The van der Waals surface area contributed by atoms with Gasteiger partial charge in [0, 0.05) is 16.8 Å². The van der Waals surface area contributed by atoms with Crippen molar-refractivity contribution in [2.24, 2.45) is 5.73 Å². The topological polar surface area (TPSA) is 55.1 Å². The van der Waals surface area contributed by atoms with Gasteiger partial charge in [-0.2, -0.15) is 0 Å². The van der Waals surface area contributed by atoms with Crippen LogP contribution >= 0.6 is 11.3 Å². The molecule has 1 aromatic heterocycles. The van der Waals surface area contributed by atoms with Crippen molar-refractivity contribution in [2.45, 2.75) is 50.6 Å². The van der Waals surface area contributed by atoms with Crippen LogP contribution in [0.4, 0.5) is 0 Å². The number of thiophene rings is 1. The first-order valence-electron chi connectivity index (χ1n) is 6.24. The molecule has 0 bridgehead atoms. The molecule has 1 saturated carbocycles. The van der Waals surface area contributed by atoms with Crippen LogP contribution in [-0.4, -0.2) is 11.4 Å². The molecule has 1 aliphatic rings. The molecule has 1 fully saturated rings. The molecule has 1 aromatic rings. The third kappa shape index (κ3) is 3.07. The summed E-state index contributed by atoms with van der Waals surface area (Å²) in [6, 6.07) is 4.23. The van der Waals surface area contributed by atoms with Gasteiger partial charge >= 0.3 is 0 Å². The summed E-state index contributed by atoms with van der Waals surface area (Å²) in [5.41, 5.74) is 5.86. The predicted molar refractivity (Wildman–Crippen MR) is 70.9 cm³/mol. The monoisotopic (exact) mass is 252 g/mol. The first-order valence-corrected chi connectivity index (χ1v) is 7.12. The van der Waals surface area contributed by atoms with Crippen molar-refractivity contribution in [3.05, 3.63) is 22.4 Å². The summed E-state index contributed by atoms with van der Waals surface area (Å²) >= 11 is 1.69. The summed E-state index contributed by atoms with van der Waals surface area (Å²) in [4.78, 5) is 13.2. The number of nitrogens with two attached hydrogens (primary N) is 1. The highest BCUT2D eigenvalue weighted by Gasteiger charge is 2.35. The molecule has 0 spiro atoms. The van der Waals surface area contributed by atoms with E-state index >= 15 is 0 Å². The lowest BCUT2D eigenvalue weighted by Crippen LogP contribution is -2.50. The molecule has 1 heterocycles. The maximum absolute atomic E-state index is 11.9. The van der Waals surface area contributed by atoms with Crippen molar-refractivity contribution in [3.63, 3.8) is 0 Å². The molecule has 0 aliphatic heterocycles. The van der Waals surface area contributed by atoms with Gasteiger partial charge in [-0.1, -0.05) is 13.0 Å². The van der Waals surface area contributed by atoms with Crippen molar-refractivity contribution in [2.75, 3.05) is 0 Å². The SMILES string of the molecule is CCC(NC(=O)CC1(N)CCC1)c1cccs1. The normalized spacial score (nSPS) is 19.4. The number of carbonyl (C=O) groups is 1. The third-order valence-electron chi connectivity index (χ3n) is 3.49. The number of nitrogens with one attached hydrogen (secondary N) is 1. The van der Waals surface area contributed by atoms with Crippen LogP contribution in [0.5, 0.6) is 0 Å². The summed E-state index contributed by atoms with van der Waals surface area (Å²) in [7, 11) is 0. The number of hydrogen-bond donors (Lipinski definition) is 2. The zero-order chi connectivity index (χ0) is 12.3. The molecule has 4 heteroatoms. The van der Waals surface area contributed by atoms with Crippen LogP contribution in [0.3, 0.4) is 0 Å². The second kappa shape index (κ2) is 5.19. The Hall–Kier alpha value is -0.870. The molecule has 0 saturated heterocycles. The lowest BCUT2D eigenvalue weighted by Gasteiger charge is -2.37. The van der Waals surface area contributed by atoms with E-state index in [0.29, 0.717) is 6.42 Å². The number of carbonyl (C=O) groups excluding carboxylic acids is 1. The Morgan fingerprint density at radius 2 is 2.41 bits per heavy atom. The Bertz CT molecular complexity index is 371. The van der Waals surface area contributed by atoms with Crippen molar-refractivity contribution in [1.29, 1.82) is 0 Å². The van der Waals surface area contributed by atoms with Crippen molar-refractivity contribution < 1.29 is 4.79 Å². The van der Waals surface area contributed by atoms with E-state index in [1.165, 1.54) is 4.88 Å². The molecular weight excluding hydrogens is 232 g/mol. The summed E-state index contributed by atoms with van der Waals surface area (Å²) in [5.74, 6) is 0.0902. The summed E-state index contributed by atoms with van der Waals surface area (Å²) in [6.45, 7) is 2.09. The van der Waals surface area contributed by atoms with Gasteiger partial charge in [-0.05, 0) is 37.1 Å². The van der Waals surface area contributed by atoms with Gasteiger partial charge < -0.3 is 11.1 Å². The van der Waals surface area contributed by atoms with E-state index in [4.69, 9.17) is 5.73 Å². The highest BCUT2D eigenvalue weighted by atomic mass is 32.1. The van der Waals surface area contributed by atoms with Crippen LogP contribution in [0.2, 0.25) is 0 Å². The maximum Gasteiger partial charge on any atom is 0.222 e. The van der Waals surface area contributed by atoms with E-state index in [-0.39, 0.29) is 17.5 Å². The largest absolute Gasteiger partial charge is 0.348 e. The van der Waals surface area contributed by atoms with E-state index in [0.717, 1.165) is 25.7 Å². The van der Waals surface area contributed by atoms with Crippen LogP contribution < -0.4 is 11.1 Å². The number of rotatable bonds is 5. The van der Waals surface area contributed by atoms with Gasteiger partial charge in [0.15, 0.2) is 0 Å². The molecule has 0 radical (unpaired) electrons. The smallest absolute Gasteiger partial charge is 0.222 e. The van der Waals surface area contributed by atoms with Gasteiger partial charge in [0.25, 0.3) is 0 Å². The van der Waals surface area contributed by atoms with Crippen molar-refractivity contribution in [1.82, 2.24) is 5.32 Å². The maximum atomic E-state index is 11.9. The molecule has 17 heavy (non-hydrogen) atoms. The molecule has 3 nitrogen and oxygen atoms in total. The highest BCUT2D eigenvalue weighted by Crippen LogP contribution is 2.32. The highest BCUT2D eigenvalue weighted by molar-refractivity contribution is 7.10. The summed E-state index contributed by atoms with van der Waals surface area (Å²) < 4.78 is 0. The quantitative estimate of drug-likeness (QED) is 0.846. The van der Waals surface area contributed by atoms with Gasteiger partial charge in [-0.25, -0.2) is 0 Å². The average molecular weight is 252 g/mol. The van der Waals surface area contributed by atoms with Crippen molar-refractivity contribution >= 4 is 17.2 Å². The standard InChI is InChI=1S/C13H20N2OS/c1-2-10(11-5-3-8-17-11)15-12(16)9-13(14)6-4-7-13/h3,5,8,10H,2,4,6-7,9,14H2,1H3,(H,15,16).